The molecule has 162 valence electrons. The predicted octanol–water partition coefficient (Wildman–Crippen LogP) is 1.98. The van der Waals surface area contributed by atoms with E-state index in [4.69, 9.17) is 0 Å². The van der Waals surface area contributed by atoms with Gasteiger partial charge in [0.25, 0.3) is 0 Å². The van der Waals surface area contributed by atoms with Crippen LogP contribution in [0.2, 0.25) is 0 Å². The molecule has 8 heteroatoms. The van der Waals surface area contributed by atoms with Gasteiger partial charge >= 0.3 is 0 Å². The Bertz CT molecular complexity index is 794. The molecule has 0 aliphatic carbocycles. The first-order chi connectivity index (χ1) is 13.7. The maximum absolute atomic E-state index is 12.5. The third-order valence-corrected chi connectivity index (χ3v) is 7.40. The van der Waals surface area contributed by atoms with Gasteiger partial charge in [-0.1, -0.05) is 39.8 Å². The molecule has 1 heterocycles. The fraction of sp³-hybridized carbons (Fsp3) is 0.619. The first kappa shape index (κ1) is 23.3. The van der Waals surface area contributed by atoms with Gasteiger partial charge in [-0.3, -0.25) is 9.59 Å². The summed E-state index contributed by atoms with van der Waals surface area (Å²) >= 11 is 0. The highest BCUT2D eigenvalue weighted by Crippen LogP contribution is 2.17. The summed E-state index contributed by atoms with van der Waals surface area (Å²) in [7, 11) is -3.46. The van der Waals surface area contributed by atoms with E-state index in [0.29, 0.717) is 52.1 Å². The van der Waals surface area contributed by atoms with Gasteiger partial charge in [-0.15, -0.1) is 0 Å². The Morgan fingerprint density at radius 3 is 1.97 bits per heavy atom. The van der Waals surface area contributed by atoms with Gasteiger partial charge in [0, 0.05) is 51.6 Å². The standard InChI is InChI=1S/C21H33N3O4S/c1-5-24(6-2)29(27,28)19-10-7-18(8-11-19)9-12-20(25)22-13-15-23(16-14-22)21(26)17(3)4/h7-8,10-11,17H,5-6,9,12-16H2,1-4H3. The molecule has 1 saturated heterocycles. The van der Waals surface area contributed by atoms with Gasteiger partial charge in [0.1, 0.15) is 0 Å². The van der Waals surface area contributed by atoms with Gasteiger partial charge in [-0.25, -0.2) is 8.42 Å². The summed E-state index contributed by atoms with van der Waals surface area (Å²) in [6.07, 6.45) is 0.940. The minimum atomic E-state index is -3.46. The van der Waals surface area contributed by atoms with E-state index < -0.39 is 10.0 Å². The lowest BCUT2D eigenvalue weighted by Gasteiger charge is -2.35. The summed E-state index contributed by atoms with van der Waals surface area (Å²) in [5, 5.41) is 0. The number of carbonyl (C=O) groups is 2. The molecular formula is C21H33N3O4S. The predicted molar refractivity (Wildman–Crippen MR) is 113 cm³/mol. The molecular weight excluding hydrogens is 390 g/mol. The number of aryl methyl sites for hydroxylation is 1. The molecule has 0 radical (unpaired) electrons. The molecule has 1 aliphatic rings. The monoisotopic (exact) mass is 423 g/mol. The zero-order valence-corrected chi connectivity index (χ0v) is 18.7. The van der Waals surface area contributed by atoms with Crippen LogP contribution in [0.25, 0.3) is 0 Å². The van der Waals surface area contributed by atoms with E-state index in [1.165, 1.54) is 4.31 Å². The highest BCUT2D eigenvalue weighted by molar-refractivity contribution is 7.89. The van der Waals surface area contributed by atoms with Crippen LogP contribution in [0, 0.1) is 5.92 Å². The highest BCUT2D eigenvalue weighted by Gasteiger charge is 2.25. The molecule has 0 atom stereocenters. The molecule has 0 bridgehead atoms. The Labute approximate surface area is 174 Å². The lowest BCUT2D eigenvalue weighted by molar-refractivity contribution is -0.141. The van der Waals surface area contributed by atoms with Crippen LogP contribution < -0.4 is 0 Å². The lowest BCUT2D eigenvalue weighted by atomic mass is 10.1. The Kier molecular flexibility index (Phi) is 8.22. The van der Waals surface area contributed by atoms with Crippen molar-refractivity contribution in [3.05, 3.63) is 29.8 Å². The summed E-state index contributed by atoms with van der Waals surface area (Å²) in [4.78, 5) is 28.4. The van der Waals surface area contributed by atoms with Crippen LogP contribution in [-0.2, 0) is 26.0 Å². The van der Waals surface area contributed by atoms with Crippen molar-refractivity contribution in [3.63, 3.8) is 0 Å². The smallest absolute Gasteiger partial charge is 0.243 e. The second-order valence-corrected chi connectivity index (χ2v) is 9.53. The minimum absolute atomic E-state index is 0.0224. The van der Waals surface area contributed by atoms with Crippen LogP contribution in [0.15, 0.2) is 29.2 Å². The Balaban J connectivity index is 1.88. The van der Waals surface area contributed by atoms with Crippen molar-refractivity contribution in [3.8, 4) is 0 Å². The topological polar surface area (TPSA) is 78.0 Å². The van der Waals surface area contributed by atoms with E-state index in [9.17, 15) is 18.0 Å². The van der Waals surface area contributed by atoms with Crippen LogP contribution in [0.3, 0.4) is 0 Å². The van der Waals surface area contributed by atoms with Crippen molar-refractivity contribution in [2.24, 2.45) is 5.92 Å². The van der Waals surface area contributed by atoms with Crippen molar-refractivity contribution in [1.29, 1.82) is 0 Å². The molecule has 7 nitrogen and oxygen atoms in total. The maximum Gasteiger partial charge on any atom is 0.243 e. The number of piperazine rings is 1. The van der Waals surface area contributed by atoms with Crippen molar-refractivity contribution in [2.45, 2.75) is 45.4 Å². The van der Waals surface area contributed by atoms with Gasteiger partial charge in [0.2, 0.25) is 21.8 Å². The van der Waals surface area contributed by atoms with E-state index in [1.807, 2.05) is 37.5 Å². The largest absolute Gasteiger partial charge is 0.339 e. The average Bonchev–Trinajstić information content (AvgIpc) is 2.72. The van der Waals surface area contributed by atoms with Crippen LogP contribution in [0.5, 0.6) is 0 Å². The fourth-order valence-electron chi connectivity index (χ4n) is 3.49. The number of sulfonamides is 1. The molecule has 1 fully saturated rings. The fourth-order valence-corrected chi connectivity index (χ4v) is 4.95. The minimum Gasteiger partial charge on any atom is -0.339 e. The molecule has 2 rings (SSSR count). The average molecular weight is 424 g/mol. The zero-order valence-electron chi connectivity index (χ0n) is 17.9. The molecule has 0 unspecified atom stereocenters. The zero-order chi connectivity index (χ0) is 21.6. The Hall–Kier alpha value is -1.93. The SMILES string of the molecule is CCN(CC)S(=O)(=O)c1ccc(CCC(=O)N2CCN(C(=O)C(C)C)CC2)cc1. The van der Waals surface area contributed by atoms with E-state index in [1.54, 1.807) is 24.3 Å². The summed E-state index contributed by atoms with van der Waals surface area (Å²) < 4.78 is 26.5. The molecule has 1 aromatic carbocycles. The first-order valence-corrected chi connectivity index (χ1v) is 11.8. The van der Waals surface area contributed by atoms with Gasteiger partial charge in [-0.05, 0) is 24.1 Å². The number of amides is 2. The number of hydrogen-bond acceptors (Lipinski definition) is 4. The van der Waals surface area contributed by atoms with Crippen molar-refractivity contribution in [1.82, 2.24) is 14.1 Å². The molecule has 0 aromatic heterocycles. The summed E-state index contributed by atoms with van der Waals surface area (Å²) in [5.41, 5.74) is 0.936. The quantitative estimate of drug-likeness (QED) is 0.641. The number of rotatable bonds is 8. The maximum atomic E-state index is 12.5. The summed E-state index contributed by atoms with van der Waals surface area (Å²) in [5.74, 6) is 0.184. The molecule has 1 aliphatic heterocycles. The first-order valence-electron chi connectivity index (χ1n) is 10.4. The van der Waals surface area contributed by atoms with Gasteiger partial charge in [0.05, 0.1) is 4.90 Å². The van der Waals surface area contributed by atoms with Crippen molar-refractivity contribution < 1.29 is 18.0 Å². The van der Waals surface area contributed by atoms with Gasteiger partial charge in [0.15, 0.2) is 0 Å². The van der Waals surface area contributed by atoms with Crippen LogP contribution in [-0.4, -0.2) is 73.6 Å². The van der Waals surface area contributed by atoms with Gasteiger partial charge in [-0.2, -0.15) is 4.31 Å². The third-order valence-electron chi connectivity index (χ3n) is 5.33. The van der Waals surface area contributed by atoms with Crippen molar-refractivity contribution >= 4 is 21.8 Å². The molecule has 2 amide bonds. The Morgan fingerprint density at radius 1 is 0.966 bits per heavy atom. The number of nitrogens with zero attached hydrogens (tertiary/aromatic N) is 3. The second-order valence-electron chi connectivity index (χ2n) is 7.59. The van der Waals surface area contributed by atoms with E-state index in [-0.39, 0.29) is 22.6 Å². The molecule has 1 aromatic rings. The van der Waals surface area contributed by atoms with E-state index >= 15 is 0 Å². The normalized spacial score (nSPS) is 15.2. The van der Waals surface area contributed by atoms with Crippen LogP contribution >= 0.6 is 0 Å². The molecule has 0 saturated carbocycles. The number of hydrogen-bond donors (Lipinski definition) is 0. The van der Waals surface area contributed by atoms with Crippen LogP contribution in [0.4, 0.5) is 0 Å². The highest BCUT2D eigenvalue weighted by atomic mass is 32.2. The van der Waals surface area contributed by atoms with Gasteiger partial charge < -0.3 is 9.80 Å². The lowest BCUT2D eigenvalue weighted by Crippen LogP contribution is -2.51. The second kappa shape index (κ2) is 10.2. The van der Waals surface area contributed by atoms with E-state index in [2.05, 4.69) is 0 Å². The molecule has 0 spiro atoms. The number of carbonyl (C=O) groups excluding carboxylic acids is 2. The molecule has 29 heavy (non-hydrogen) atoms. The van der Waals surface area contributed by atoms with Crippen molar-refractivity contribution in [2.75, 3.05) is 39.3 Å². The Morgan fingerprint density at radius 2 is 1.48 bits per heavy atom. The van der Waals surface area contributed by atoms with E-state index in [0.717, 1.165) is 5.56 Å². The third kappa shape index (κ3) is 5.79. The summed E-state index contributed by atoms with van der Waals surface area (Å²) in [6, 6.07) is 6.79. The number of benzene rings is 1. The summed E-state index contributed by atoms with van der Waals surface area (Å²) in [6.45, 7) is 10.6. The molecule has 0 N–H and O–H groups in total. The van der Waals surface area contributed by atoms with Crippen LogP contribution in [0.1, 0.15) is 39.7 Å².